The van der Waals surface area contributed by atoms with Gasteiger partial charge in [0.1, 0.15) is 0 Å². The topological polar surface area (TPSA) is 29.5 Å². The summed E-state index contributed by atoms with van der Waals surface area (Å²) in [7, 11) is 0.263. The molecule has 1 atom stereocenters. The molecule has 1 unspecified atom stereocenters. The Hall–Kier alpha value is 0.676. The van der Waals surface area contributed by atoms with Crippen molar-refractivity contribution < 1.29 is 9.84 Å². The van der Waals surface area contributed by atoms with Crippen LogP contribution in [0.4, 0.5) is 0 Å². The normalized spacial score (nSPS) is 14.9. The molecule has 0 radical (unpaired) electrons. The van der Waals surface area contributed by atoms with Crippen LogP contribution in [0.1, 0.15) is 59.3 Å². The molecule has 0 fully saturated rings. The molecule has 0 aliphatic heterocycles. The first-order chi connectivity index (χ1) is 11.3. The second-order valence-corrected chi connectivity index (χ2v) is 28.0. The first-order valence-corrected chi connectivity index (χ1v) is 21.1. The summed E-state index contributed by atoms with van der Waals surface area (Å²) in [6.45, 7) is 14.9. The number of aliphatic hydroxyl groups is 1. The number of methoxy groups -OCH3 is 1. The second-order valence-electron chi connectivity index (χ2n) is 8.44. The van der Waals surface area contributed by atoms with E-state index in [1.165, 1.54) is 51.8 Å². The van der Waals surface area contributed by atoms with Crippen molar-refractivity contribution in [3.8, 4) is 0 Å². The van der Waals surface area contributed by atoms with E-state index in [1.807, 2.05) is 0 Å². The quantitative estimate of drug-likeness (QED) is 0.312. The number of rotatable bonds is 14. The van der Waals surface area contributed by atoms with Gasteiger partial charge in [0.25, 0.3) is 0 Å². The van der Waals surface area contributed by atoms with Crippen LogP contribution in [0.3, 0.4) is 0 Å². The fraction of sp³-hybridized carbons (Fsp3) is 0.900. The maximum atomic E-state index is 10.5. The van der Waals surface area contributed by atoms with Gasteiger partial charge in [-0.05, 0) is 0 Å². The summed E-state index contributed by atoms with van der Waals surface area (Å²) in [5, 5.41) is 10.5. The van der Waals surface area contributed by atoms with E-state index in [4.69, 9.17) is 4.74 Å². The van der Waals surface area contributed by atoms with Crippen LogP contribution in [0.2, 0.25) is 33.0 Å². The molecule has 0 aromatic carbocycles. The Morgan fingerprint density at radius 2 is 1.38 bits per heavy atom. The third-order valence-corrected chi connectivity index (χ3v) is 31.8. The van der Waals surface area contributed by atoms with Crippen LogP contribution in [0, 0.1) is 0 Å². The van der Waals surface area contributed by atoms with E-state index in [2.05, 4.69) is 46.5 Å². The number of ether oxygens (including phenoxy) is 1. The van der Waals surface area contributed by atoms with E-state index >= 15 is 0 Å². The molecule has 0 aliphatic carbocycles. The number of unbranched alkanes of at least 4 members (excludes halogenated alkanes) is 3. The summed E-state index contributed by atoms with van der Waals surface area (Å²) >= 11 is -2.43. The molecule has 1 N–H and O–H groups in total. The molecule has 144 valence electrons. The van der Waals surface area contributed by atoms with Crippen molar-refractivity contribution in [3.63, 3.8) is 0 Å². The van der Waals surface area contributed by atoms with Crippen LogP contribution >= 0.6 is 0 Å². The molecule has 0 aromatic heterocycles. The summed E-state index contributed by atoms with van der Waals surface area (Å²) in [6.07, 6.45) is 9.91. The molecule has 0 amide bonds. The van der Waals surface area contributed by atoms with Gasteiger partial charge in [-0.2, -0.15) is 0 Å². The molecule has 0 heterocycles. The Kier molecular flexibility index (Phi) is 13.3. The molecule has 2 nitrogen and oxygen atoms in total. The summed E-state index contributed by atoms with van der Waals surface area (Å²) < 4.78 is 11.5. The molecule has 4 heteroatoms. The molecule has 24 heavy (non-hydrogen) atoms. The van der Waals surface area contributed by atoms with Gasteiger partial charge in [0.15, 0.2) is 0 Å². The van der Waals surface area contributed by atoms with Crippen LogP contribution in [0.5, 0.6) is 0 Å². The third kappa shape index (κ3) is 8.86. The van der Waals surface area contributed by atoms with Crippen molar-refractivity contribution in [2.24, 2.45) is 0 Å². The minimum atomic E-state index is -2.43. The summed E-state index contributed by atoms with van der Waals surface area (Å²) in [5.74, 6) is 0. The average molecular weight is 463 g/mol. The van der Waals surface area contributed by atoms with E-state index in [-0.39, 0.29) is 0 Å². The third-order valence-electron chi connectivity index (χ3n) is 5.10. The predicted octanol–water partition coefficient (Wildman–Crippen LogP) is 6.19. The van der Waals surface area contributed by atoms with Gasteiger partial charge in [-0.15, -0.1) is 0 Å². The summed E-state index contributed by atoms with van der Waals surface area (Å²) in [5.41, 5.74) is 0. The zero-order valence-electron chi connectivity index (χ0n) is 17.6. The van der Waals surface area contributed by atoms with Crippen molar-refractivity contribution in [1.82, 2.24) is 0 Å². The Bertz CT molecular complexity index is 328. The number of hydrogen-bond acceptors (Lipinski definition) is 2. The Morgan fingerprint density at radius 1 is 0.958 bits per heavy atom. The molecule has 0 rings (SSSR count). The van der Waals surface area contributed by atoms with Crippen LogP contribution in [0.25, 0.3) is 0 Å². The first-order valence-electron chi connectivity index (χ1n) is 10.2. The molecule has 0 aliphatic rings. The van der Waals surface area contributed by atoms with Crippen LogP contribution < -0.4 is 0 Å². The predicted molar refractivity (Wildman–Crippen MR) is 114 cm³/mol. The molecule has 0 saturated carbocycles. The van der Waals surface area contributed by atoms with Gasteiger partial charge in [0, 0.05) is 0 Å². The number of aliphatic hydroxyl groups excluding tert-OH is 1. The number of hydrogen-bond donors (Lipinski definition) is 1. The van der Waals surface area contributed by atoms with E-state index < -0.39 is 32.6 Å². The minimum absolute atomic E-state index is 0.419. The Labute approximate surface area is 157 Å². The van der Waals surface area contributed by atoms with Crippen molar-refractivity contribution in [1.29, 1.82) is 0 Å². The summed E-state index contributed by atoms with van der Waals surface area (Å²) in [4.78, 5) is 0. The second kappa shape index (κ2) is 12.9. The zero-order chi connectivity index (χ0) is 18.6. The van der Waals surface area contributed by atoms with E-state index in [1.54, 1.807) is 10.3 Å². The van der Waals surface area contributed by atoms with Gasteiger partial charge in [0.05, 0.1) is 0 Å². The molecular weight excluding hydrogens is 419 g/mol. The van der Waals surface area contributed by atoms with E-state index in [0.717, 1.165) is 0 Å². The first kappa shape index (κ1) is 24.7. The molecular formula is C20H44O2SiSn. The fourth-order valence-corrected chi connectivity index (χ4v) is 37.2. The van der Waals surface area contributed by atoms with Crippen molar-refractivity contribution in [2.45, 2.75) is 98.4 Å². The van der Waals surface area contributed by atoms with Crippen LogP contribution in [-0.4, -0.2) is 51.4 Å². The van der Waals surface area contributed by atoms with E-state index in [0.29, 0.717) is 6.61 Å². The Morgan fingerprint density at radius 3 is 1.67 bits per heavy atom. The van der Waals surface area contributed by atoms with Gasteiger partial charge in [0.2, 0.25) is 0 Å². The molecule has 0 saturated heterocycles. The van der Waals surface area contributed by atoms with E-state index in [9.17, 15) is 5.11 Å². The summed E-state index contributed by atoms with van der Waals surface area (Å²) in [6, 6.07) is 0. The fourth-order valence-electron chi connectivity index (χ4n) is 3.96. The molecule has 0 bridgehead atoms. The van der Waals surface area contributed by atoms with Crippen molar-refractivity contribution in [3.05, 3.63) is 9.29 Å². The Balaban J connectivity index is 5.89. The average Bonchev–Trinajstić information content (AvgIpc) is 2.52. The van der Waals surface area contributed by atoms with Gasteiger partial charge < -0.3 is 0 Å². The molecule has 0 aromatic rings. The zero-order valence-corrected chi connectivity index (χ0v) is 21.4. The van der Waals surface area contributed by atoms with Gasteiger partial charge in [-0.25, -0.2) is 0 Å². The van der Waals surface area contributed by atoms with Gasteiger partial charge in [-0.3, -0.25) is 0 Å². The molecule has 0 spiro atoms. The van der Waals surface area contributed by atoms with Crippen LogP contribution in [-0.2, 0) is 4.74 Å². The standard InChI is InChI=1S/C8H17O2Si.3C4H9.Sn/c1-10-7-8(9)5-6-11(2,3)4;3*1-3-4-2;/h5,8-9H,7H2,1-4H3;3*1,3-4H2,2H3;. The van der Waals surface area contributed by atoms with Gasteiger partial charge in [-0.1, -0.05) is 0 Å². The maximum absolute atomic E-state index is 10.5. The monoisotopic (exact) mass is 464 g/mol. The van der Waals surface area contributed by atoms with Gasteiger partial charge >= 0.3 is 158 Å². The van der Waals surface area contributed by atoms with Crippen molar-refractivity contribution in [2.75, 3.05) is 13.7 Å². The SMILES string of the molecule is CCC[CH2][Sn]([CH2]CCC)([CH2]CCC)/[C](=C\C(O)COC)[Si](C)(C)C. The van der Waals surface area contributed by atoms with Crippen molar-refractivity contribution >= 4 is 26.5 Å². The van der Waals surface area contributed by atoms with Crippen LogP contribution in [0.15, 0.2) is 9.29 Å².